The Morgan fingerprint density at radius 2 is 2.00 bits per heavy atom. The number of aliphatic carboxylic acids is 1. The lowest BCUT2D eigenvalue weighted by molar-refractivity contribution is -0.137. The summed E-state index contributed by atoms with van der Waals surface area (Å²) in [6.07, 6.45) is 7.40. The van der Waals surface area contributed by atoms with Crippen molar-refractivity contribution in [1.82, 2.24) is 0 Å². The maximum absolute atomic E-state index is 11.0. The molecule has 1 fully saturated rings. The molecule has 0 heterocycles. The maximum atomic E-state index is 11.0. The van der Waals surface area contributed by atoms with E-state index in [0.717, 1.165) is 29.9 Å². The van der Waals surface area contributed by atoms with Crippen LogP contribution in [0.2, 0.25) is 0 Å². The summed E-state index contributed by atoms with van der Waals surface area (Å²) in [5.41, 5.74) is 9.26. The summed E-state index contributed by atoms with van der Waals surface area (Å²) < 4.78 is 0. The van der Waals surface area contributed by atoms with Crippen LogP contribution < -0.4 is 10.6 Å². The number of nitrogen functional groups attached to an aromatic ring is 1. The largest absolute Gasteiger partial charge is 0.481 e. The minimum Gasteiger partial charge on any atom is -0.481 e. The van der Waals surface area contributed by atoms with Gasteiger partial charge >= 0.3 is 5.97 Å². The molecule has 2 rings (SSSR count). The Balaban J connectivity index is 2.21. The van der Waals surface area contributed by atoms with Crippen molar-refractivity contribution in [2.75, 3.05) is 17.2 Å². The van der Waals surface area contributed by atoms with Crippen LogP contribution in [0.3, 0.4) is 0 Å². The molecule has 23 heavy (non-hydrogen) atoms. The van der Waals surface area contributed by atoms with Gasteiger partial charge in [-0.15, -0.1) is 0 Å². The number of benzene rings is 1. The van der Waals surface area contributed by atoms with E-state index in [1.165, 1.54) is 32.1 Å². The number of carbonyl (C=O) groups is 1. The predicted octanol–water partition coefficient (Wildman–Crippen LogP) is 4.40. The highest BCUT2D eigenvalue weighted by atomic mass is 16.4. The number of rotatable bonds is 7. The SMILES string of the molecule is CC[C@H](CC(=O)O)c1ccc(N(CC)C2CCCCC2)c(N)c1. The van der Waals surface area contributed by atoms with Gasteiger partial charge in [0.1, 0.15) is 0 Å². The van der Waals surface area contributed by atoms with Crippen molar-refractivity contribution < 1.29 is 9.90 Å². The average molecular weight is 318 g/mol. The standard InChI is InChI=1S/C19H30N2O2/c1-3-14(13-19(22)23)15-10-11-18(17(20)12-15)21(4-2)16-8-6-5-7-9-16/h10-12,14,16H,3-9,13,20H2,1-2H3,(H,22,23)/t14-/m1/s1. The fraction of sp³-hybridized carbons (Fsp3) is 0.632. The summed E-state index contributed by atoms with van der Waals surface area (Å²) in [5, 5.41) is 9.06. The first kappa shape index (κ1) is 17.6. The van der Waals surface area contributed by atoms with Gasteiger partial charge in [0.25, 0.3) is 0 Å². The molecule has 1 aromatic carbocycles. The minimum absolute atomic E-state index is 0.0357. The van der Waals surface area contributed by atoms with Crippen LogP contribution in [0.5, 0.6) is 0 Å². The first-order valence-corrected chi connectivity index (χ1v) is 8.94. The van der Waals surface area contributed by atoms with E-state index in [2.05, 4.69) is 24.0 Å². The second-order valence-corrected chi connectivity index (χ2v) is 6.60. The lowest BCUT2D eigenvalue weighted by Gasteiger charge is -2.36. The molecule has 0 unspecified atom stereocenters. The Bertz CT molecular complexity index is 524. The maximum Gasteiger partial charge on any atom is 0.303 e. The zero-order valence-corrected chi connectivity index (χ0v) is 14.4. The van der Waals surface area contributed by atoms with Crippen LogP contribution in [0, 0.1) is 0 Å². The van der Waals surface area contributed by atoms with Crippen LogP contribution in [0.4, 0.5) is 11.4 Å². The second-order valence-electron chi connectivity index (χ2n) is 6.60. The molecule has 1 saturated carbocycles. The lowest BCUT2D eigenvalue weighted by Crippen LogP contribution is -2.37. The van der Waals surface area contributed by atoms with Gasteiger partial charge in [0.05, 0.1) is 17.8 Å². The molecular weight excluding hydrogens is 288 g/mol. The molecule has 4 heteroatoms. The molecule has 1 atom stereocenters. The van der Waals surface area contributed by atoms with Crippen LogP contribution in [0.25, 0.3) is 0 Å². The number of carboxylic acid groups (broad SMARTS) is 1. The molecule has 4 nitrogen and oxygen atoms in total. The van der Waals surface area contributed by atoms with Crippen molar-refractivity contribution >= 4 is 17.3 Å². The van der Waals surface area contributed by atoms with Crippen molar-refractivity contribution in [2.45, 2.75) is 70.8 Å². The number of nitrogens with zero attached hydrogens (tertiary/aromatic N) is 1. The average Bonchev–Trinajstić information content (AvgIpc) is 2.55. The minimum atomic E-state index is -0.753. The van der Waals surface area contributed by atoms with Gasteiger partial charge in [0.2, 0.25) is 0 Å². The topological polar surface area (TPSA) is 66.6 Å². The van der Waals surface area contributed by atoms with Crippen molar-refractivity contribution in [3.05, 3.63) is 23.8 Å². The highest BCUT2D eigenvalue weighted by Gasteiger charge is 2.22. The predicted molar refractivity (Wildman–Crippen MR) is 96.0 cm³/mol. The first-order valence-electron chi connectivity index (χ1n) is 8.94. The molecular formula is C19H30N2O2. The Hall–Kier alpha value is -1.71. The molecule has 128 valence electrons. The van der Waals surface area contributed by atoms with Gasteiger partial charge in [-0.2, -0.15) is 0 Å². The second kappa shape index (κ2) is 8.23. The summed E-state index contributed by atoms with van der Waals surface area (Å²) in [6.45, 7) is 5.17. The van der Waals surface area contributed by atoms with E-state index in [1.54, 1.807) is 0 Å². The molecule has 0 spiro atoms. The van der Waals surface area contributed by atoms with E-state index in [0.29, 0.717) is 6.04 Å². The van der Waals surface area contributed by atoms with Crippen molar-refractivity contribution in [3.8, 4) is 0 Å². The van der Waals surface area contributed by atoms with Crippen LogP contribution >= 0.6 is 0 Å². The zero-order chi connectivity index (χ0) is 16.8. The number of anilines is 2. The lowest BCUT2D eigenvalue weighted by atomic mass is 9.91. The summed E-state index contributed by atoms with van der Waals surface area (Å²) in [4.78, 5) is 13.4. The third-order valence-electron chi connectivity index (χ3n) is 5.10. The van der Waals surface area contributed by atoms with Crippen LogP contribution in [-0.2, 0) is 4.79 Å². The van der Waals surface area contributed by atoms with Gasteiger partial charge in [-0.05, 0) is 49.8 Å². The van der Waals surface area contributed by atoms with Gasteiger partial charge in [0, 0.05) is 12.6 Å². The quantitative estimate of drug-likeness (QED) is 0.731. The highest BCUT2D eigenvalue weighted by Crippen LogP contribution is 2.34. The van der Waals surface area contributed by atoms with Gasteiger partial charge < -0.3 is 15.7 Å². The fourth-order valence-electron chi connectivity index (χ4n) is 3.82. The fourth-order valence-corrected chi connectivity index (χ4v) is 3.82. The summed E-state index contributed by atoms with van der Waals surface area (Å²) in [7, 11) is 0. The molecule has 0 radical (unpaired) electrons. The summed E-state index contributed by atoms with van der Waals surface area (Å²) in [5.74, 6) is -0.717. The Kier molecular flexibility index (Phi) is 6.31. The van der Waals surface area contributed by atoms with Crippen molar-refractivity contribution in [1.29, 1.82) is 0 Å². The molecule has 1 aliphatic rings. The molecule has 0 amide bonds. The zero-order valence-electron chi connectivity index (χ0n) is 14.4. The van der Waals surface area contributed by atoms with E-state index < -0.39 is 5.97 Å². The van der Waals surface area contributed by atoms with Crippen LogP contribution in [-0.4, -0.2) is 23.7 Å². The summed E-state index contributed by atoms with van der Waals surface area (Å²) in [6, 6.07) is 6.72. The van der Waals surface area contributed by atoms with E-state index in [9.17, 15) is 4.79 Å². The molecule has 1 aromatic rings. The van der Waals surface area contributed by atoms with Crippen molar-refractivity contribution in [2.24, 2.45) is 0 Å². The number of nitrogens with two attached hydrogens (primary N) is 1. The smallest absolute Gasteiger partial charge is 0.303 e. The molecule has 0 aliphatic heterocycles. The van der Waals surface area contributed by atoms with E-state index in [4.69, 9.17) is 10.8 Å². The van der Waals surface area contributed by atoms with Crippen LogP contribution in [0.15, 0.2) is 18.2 Å². The monoisotopic (exact) mass is 318 g/mol. The Labute approximate surface area is 139 Å². The molecule has 0 aromatic heterocycles. The van der Waals surface area contributed by atoms with Gasteiger partial charge in [-0.1, -0.05) is 32.3 Å². The molecule has 1 aliphatic carbocycles. The van der Waals surface area contributed by atoms with Gasteiger partial charge in [0.15, 0.2) is 0 Å². The number of hydrogen-bond acceptors (Lipinski definition) is 3. The van der Waals surface area contributed by atoms with E-state index in [1.807, 2.05) is 13.0 Å². The third-order valence-corrected chi connectivity index (χ3v) is 5.10. The Morgan fingerprint density at radius 1 is 1.30 bits per heavy atom. The molecule has 0 saturated heterocycles. The molecule has 0 bridgehead atoms. The summed E-state index contributed by atoms with van der Waals surface area (Å²) >= 11 is 0. The number of carboxylic acids is 1. The Morgan fingerprint density at radius 3 is 2.52 bits per heavy atom. The van der Waals surface area contributed by atoms with Gasteiger partial charge in [-0.25, -0.2) is 0 Å². The van der Waals surface area contributed by atoms with Crippen LogP contribution in [0.1, 0.15) is 70.3 Å². The highest BCUT2D eigenvalue weighted by molar-refractivity contribution is 5.71. The van der Waals surface area contributed by atoms with Crippen molar-refractivity contribution in [3.63, 3.8) is 0 Å². The third kappa shape index (κ3) is 4.40. The van der Waals surface area contributed by atoms with E-state index in [-0.39, 0.29) is 12.3 Å². The molecule has 3 N–H and O–H groups in total. The normalized spacial score (nSPS) is 17.0. The van der Waals surface area contributed by atoms with E-state index >= 15 is 0 Å². The first-order chi connectivity index (χ1) is 11.1. The number of hydrogen-bond donors (Lipinski definition) is 2. The van der Waals surface area contributed by atoms with Gasteiger partial charge in [-0.3, -0.25) is 4.79 Å².